The van der Waals surface area contributed by atoms with E-state index in [9.17, 15) is 0 Å². The van der Waals surface area contributed by atoms with Crippen molar-refractivity contribution in [1.29, 1.82) is 0 Å². The summed E-state index contributed by atoms with van der Waals surface area (Å²) in [5, 5.41) is 0. The number of allylic oxidation sites excluding steroid dienone is 3. The number of nitrogens with zero attached hydrogens (tertiary/aromatic N) is 1. The van der Waals surface area contributed by atoms with Crippen molar-refractivity contribution in [1.82, 2.24) is 0 Å². The van der Waals surface area contributed by atoms with Gasteiger partial charge in [-0.15, -0.1) is 0 Å². The van der Waals surface area contributed by atoms with Crippen LogP contribution >= 0.6 is 0 Å². The Morgan fingerprint density at radius 1 is 0.821 bits per heavy atom. The van der Waals surface area contributed by atoms with Crippen LogP contribution in [0.3, 0.4) is 0 Å². The van der Waals surface area contributed by atoms with Gasteiger partial charge in [0.1, 0.15) is 0 Å². The van der Waals surface area contributed by atoms with Gasteiger partial charge in [0.25, 0.3) is 0 Å². The van der Waals surface area contributed by atoms with Gasteiger partial charge in [-0.05, 0) is 0 Å². The quantitative estimate of drug-likeness (QED) is 0.318. The summed E-state index contributed by atoms with van der Waals surface area (Å²) in [5.41, 5.74) is 8.53. The van der Waals surface area contributed by atoms with Crippen molar-refractivity contribution in [3.63, 3.8) is 0 Å². The molecule has 0 heterocycles. The van der Waals surface area contributed by atoms with Crippen LogP contribution < -0.4 is 4.90 Å². The fraction of sp³-hybridized carbons (Fsp3) is 0.115. The van der Waals surface area contributed by atoms with Gasteiger partial charge in [0.05, 0.1) is 0 Å². The molecule has 1 nitrogen and oxygen atoms in total. The van der Waals surface area contributed by atoms with Crippen molar-refractivity contribution >= 4 is 21.3 Å². The molecule has 0 fully saturated rings. The van der Waals surface area contributed by atoms with E-state index < -0.39 is 0 Å². The summed E-state index contributed by atoms with van der Waals surface area (Å²) >= 11 is 1.45. The van der Waals surface area contributed by atoms with Crippen molar-refractivity contribution in [2.75, 3.05) is 4.90 Å². The topological polar surface area (TPSA) is 3.24 Å². The Morgan fingerprint density at radius 2 is 1.57 bits per heavy atom. The Hall–Kier alpha value is -2.50. The third-order valence-corrected chi connectivity index (χ3v) is 5.23. The van der Waals surface area contributed by atoms with Gasteiger partial charge >= 0.3 is 180 Å². The van der Waals surface area contributed by atoms with Crippen LogP contribution in [0.4, 0.5) is 11.4 Å². The SMILES string of the molecule is Cc1ccc(C(C=C[CH]=[W])=CN(c2cccc(C)c2)c2ccccc2C)cc1. The van der Waals surface area contributed by atoms with E-state index in [1.165, 1.54) is 58.6 Å². The first-order chi connectivity index (χ1) is 13.6. The summed E-state index contributed by atoms with van der Waals surface area (Å²) in [5.74, 6) is 0. The molecule has 0 aliphatic carbocycles. The molecule has 0 aliphatic rings. The van der Waals surface area contributed by atoms with Gasteiger partial charge in [-0.2, -0.15) is 0 Å². The van der Waals surface area contributed by atoms with Crippen molar-refractivity contribution in [2.45, 2.75) is 20.8 Å². The third kappa shape index (κ3) is 5.06. The zero-order valence-electron chi connectivity index (χ0n) is 16.6. The molecule has 140 valence electrons. The number of hydrogen-bond donors (Lipinski definition) is 0. The monoisotopic (exact) mass is 535 g/mol. The predicted octanol–water partition coefficient (Wildman–Crippen LogP) is 6.70. The first kappa shape index (κ1) is 20.2. The Kier molecular flexibility index (Phi) is 6.95. The van der Waals surface area contributed by atoms with Crippen LogP contribution in [0.25, 0.3) is 5.57 Å². The summed E-state index contributed by atoms with van der Waals surface area (Å²) in [7, 11) is 0. The number of anilines is 2. The number of benzene rings is 3. The van der Waals surface area contributed by atoms with E-state index in [0.717, 1.165) is 0 Å². The Labute approximate surface area is 179 Å². The van der Waals surface area contributed by atoms with Crippen LogP contribution in [0.5, 0.6) is 0 Å². The first-order valence-corrected chi connectivity index (χ1v) is 11.1. The number of rotatable bonds is 6. The fourth-order valence-corrected chi connectivity index (χ4v) is 3.42. The number of hydrogen-bond acceptors (Lipinski definition) is 1. The van der Waals surface area contributed by atoms with Gasteiger partial charge in [-0.3, -0.25) is 0 Å². The van der Waals surface area contributed by atoms with Gasteiger partial charge < -0.3 is 0 Å². The van der Waals surface area contributed by atoms with Crippen molar-refractivity contribution in [2.24, 2.45) is 0 Å². The van der Waals surface area contributed by atoms with E-state index in [1.54, 1.807) is 0 Å². The van der Waals surface area contributed by atoms with E-state index in [2.05, 4.69) is 121 Å². The molecule has 3 aromatic carbocycles. The average Bonchev–Trinajstić information content (AvgIpc) is 2.70. The van der Waals surface area contributed by atoms with Crippen LogP contribution in [0.15, 0.2) is 91.1 Å². The van der Waals surface area contributed by atoms with Crippen LogP contribution in [-0.2, 0) is 19.4 Å². The predicted molar refractivity (Wildman–Crippen MR) is 119 cm³/mol. The first-order valence-electron chi connectivity index (χ1n) is 9.41. The maximum atomic E-state index is 2.30. The minimum absolute atomic E-state index is 1.17. The Bertz CT molecular complexity index is 1010. The molecule has 0 aliphatic heterocycles. The van der Waals surface area contributed by atoms with Crippen molar-refractivity contribution in [3.8, 4) is 0 Å². The van der Waals surface area contributed by atoms with Crippen molar-refractivity contribution in [3.05, 3.63) is 113 Å². The van der Waals surface area contributed by atoms with E-state index in [1.807, 2.05) is 0 Å². The molecule has 3 rings (SSSR count). The molecule has 0 saturated heterocycles. The van der Waals surface area contributed by atoms with Gasteiger partial charge in [-0.25, -0.2) is 0 Å². The van der Waals surface area contributed by atoms with Crippen LogP contribution in [-0.4, -0.2) is 4.40 Å². The maximum absolute atomic E-state index is 2.30. The van der Waals surface area contributed by atoms with Crippen molar-refractivity contribution < 1.29 is 19.4 Å². The number of aryl methyl sites for hydroxylation is 3. The molecule has 2 heteroatoms. The van der Waals surface area contributed by atoms with Crippen LogP contribution in [0, 0.1) is 20.8 Å². The van der Waals surface area contributed by atoms with E-state index >= 15 is 0 Å². The molecule has 0 bridgehead atoms. The number of para-hydroxylation sites is 1. The van der Waals surface area contributed by atoms with Crippen LogP contribution in [0.1, 0.15) is 22.3 Å². The molecule has 0 saturated carbocycles. The molecule has 0 amide bonds. The minimum atomic E-state index is 1.17. The molecule has 0 unspecified atom stereocenters. The van der Waals surface area contributed by atoms with E-state index in [4.69, 9.17) is 0 Å². The zero-order valence-corrected chi connectivity index (χ0v) is 19.5. The molecule has 0 radical (unpaired) electrons. The third-order valence-electron chi connectivity index (χ3n) is 4.66. The normalized spacial score (nSPS) is 11.6. The Balaban J connectivity index is 2.19. The van der Waals surface area contributed by atoms with Gasteiger partial charge in [-0.1, -0.05) is 0 Å². The van der Waals surface area contributed by atoms with E-state index in [-0.39, 0.29) is 0 Å². The second-order valence-corrected chi connectivity index (χ2v) is 7.92. The molecule has 0 N–H and O–H groups in total. The summed E-state index contributed by atoms with van der Waals surface area (Å²) in [6, 6.07) is 25.9. The standard InChI is InChI=1S/C26H25N.W/c1-5-9-24(23-16-14-20(2)15-17-23)19-27(25-12-8-10-21(3)18-25)26-13-7-6-11-22(26)4;/h1,5-19H,2-4H3;. The molecule has 3 aromatic rings. The molecule has 0 spiro atoms. The van der Waals surface area contributed by atoms with Crippen LogP contribution in [0.2, 0.25) is 0 Å². The van der Waals surface area contributed by atoms with Gasteiger partial charge in [0.2, 0.25) is 0 Å². The van der Waals surface area contributed by atoms with Gasteiger partial charge in [0, 0.05) is 0 Å². The summed E-state index contributed by atoms with van der Waals surface area (Å²) in [6.07, 6.45) is 6.57. The average molecular weight is 535 g/mol. The molecular formula is C26H25NW. The molecular weight excluding hydrogens is 510 g/mol. The summed E-state index contributed by atoms with van der Waals surface area (Å²) in [4.78, 5) is 2.30. The van der Waals surface area contributed by atoms with Gasteiger partial charge in [0.15, 0.2) is 0 Å². The molecule has 0 aromatic heterocycles. The zero-order chi connectivity index (χ0) is 19.9. The Morgan fingerprint density at radius 3 is 2.25 bits per heavy atom. The molecule has 28 heavy (non-hydrogen) atoms. The second-order valence-electron chi connectivity index (χ2n) is 6.94. The fourth-order valence-electron chi connectivity index (χ4n) is 3.14. The van der Waals surface area contributed by atoms with E-state index in [0.29, 0.717) is 0 Å². The summed E-state index contributed by atoms with van der Waals surface area (Å²) < 4.78 is 2.15. The molecule has 0 atom stereocenters. The second kappa shape index (κ2) is 9.62. The summed E-state index contributed by atoms with van der Waals surface area (Å²) in [6.45, 7) is 6.42.